The molecular weight excluding hydrogens is 442 g/mol. The van der Waals surface area contributed by atoms with Gasteiger partial charge in [-0.2, -0.15) is 0 Å². The molecule has 1 aliphatic heterocycles. The zero-order valence-corrected chi connectivity index (χ0v) is 20.5. The normalized spacial score (nSPS) is 18.5. The van der Waals surface area contributed by atoms with Crippen LogP contribution in [0.5, 0.6) is 11.5 Å². The van der Waals surface area contributed by atoms with Crippen molar-refractivity contribution in [2.45, 2.75) is 45.8 Å². The second-order valence-electron chi connectivity index (χ2n) is 9.21. The minimum atomic E-state index is -0.748. The quantitative estimate of drug-likeness (QED) is 0.384. The summed E-state index contributed by atoms with van der Waals surface area (Å²) < 4.78 is 17.6. The monoisotopic (exact) mass is 473 g/mol. The number of hydrogen-bond donors (Lipinski definition) is 3. The third-order valence-corrected chi connectivity index (χ3v) is 5.67. The van der Waals surface area contributed by atoms with Gasteiger partial charge in [0.05, 0.1) is 19.9 Å². The first-order valence-corrected chi connectivity index (χ1v) is 11.2. The van der Waals surface area contributed by atoms with Gasteiger partial charge in [0.2, 0.25) is 0 Å². The largest absolute Gasteiger partial charge is 0.493 e. The summed E-state index contributed by atoms with van der Waals surface area (Å²) in [6.45, 7) is 6.00. The van der Waals surface area contributed by atoms with Crippen molar-refractivity contribution in [2.75, 3.05) is 25.7 Å². The minimum absolute atomic E-state index is 0.103. The van der Waals surface area contributed by atoms with Crippen molar-refractivity contribution in [3.8, 4) is 11.5 Å². The Hall–Kier alpha value is -2.61. The number of hydrogen-bond acceptors (Lipinski definition) is 6. The topological polar surface area (TPSA) is 98.9 Å². The van der Waals surface area contributed by atoms with Crippen molar-refractivity contribution in [3.63, 3.8) is 0 Å². The lowest BCUT2D eigenvalue weighted by Crippen LogP contribution is -2.44. The molecule has 3 rings (SSSR count). The highest BCUT2D eigenvalue weighted by Crippen LogP contribution is 2.45. The Kier molecular flexibility index (Phi) is 7.67. The second kappa shape index (κ2) is 10.1. The fraction of sp³-hybridized carbons (Fsp3) is 0.440. The fourth-order valence-corrected chi connectivity index (χ4v) is 4.25. The fourth-order valence-electron chi connectivity index (χ4n) is 4.07. The second-order valence-corrected chi connectivity index (χ2v) is 9.64. The molecule has 7 nitrogen and oxygen atoms in total. The van der Waals surface area contributed by atoms with Gasteiger partial charge in [0.25, 0.3) is 0 Å². The van der Waals surface area contributed by atoms with Crippen LogP contribution in [-0.2, 0) is 4.74 Å². The predicted octanol–water partition coefficient (Wildman–Crippen LogP) is 5.42. The summed E-state index contributed by atoms with van der Waals surface area (Å²) in [7, 11) is 3.13. The first-order valence-electron chi connectivity index (χ1n) is 10.8. The van der Waals surface area contributed by atoms with E-state index in [0.29, 0.717) is 39.8 Å². The van der Waals surface area contributed by atoms with Crippen molar-refractivity contribution >= 4 is 29.0 Å². The first-order chi connectivity index (χ1) is 15.6. The van der Waals surface area contributed by atoms with Gasteiger partial charge in [-0.3, -0.25) is 15.7 Å². The van der Waals surface area contributed by atoms with Crippen LogP contribution in [0.3, 0.4) is 0 Å². The SMILES string of the molecule is COc1cccc([C@H]2O[C@H](CCO)C(=N)N(C(=N)CC(C)(C)C)c3ccc(Cl)cc32)c1OC. The average Bonchev–Trinajstić information content (AvgIpc) is 2.86. The van der Waals surface area contributed by atoms with Crippen LogP contribution in [0.25, 0.3) is 0 Å². The maximum atomic E-state index is 9.73. The molecule has 178 valence electrons. The number of nitrogens with zero attached hydrogens (tertiary/aromatic N) is 1. The number of anilines is 1. The number of nitrogens with one attached hydrogen (secondary N) is 2. The number of methoxy groups -OCH3 is 2. The van der Waals surface area contributed by atoms with Crippen LogP contribution in [0, 0.1) is 16.2 Å². The number of rotatable bonds is 6. The van der Waals surface area contributed by atoms with E-state index in [-0.39, 0.29) is 30.1 Å². The van der Waals surface area contributed by atoms with Crippen LogP contribution in [-0.4, -0.2) is 43.7 Å². The van der Waals surface area contributed by atoms with E-state index in [9.17, 15) is 5.11 Å². The summed E-state index contributed by atoms with van der Waals surface area (Å²) in [5.74, 6) is 1.45. The Balaban J connectivity index is 2.25. The smallest absolute Gasteiger partial charge is 0.166 e. The van der Waals surface area contributed by atoms with E-state index in [0.717, 1.165) is 0 Å². The van der Waals surface area contributed by atoms with Gasteiger partial charge >= 0.3 is 0 Å². The van der Waals surface area contributed by atoms with Crippen LogP contribution < -0.4 is 14.4 Å². The van der Waals surface area contributed by atoms with Crippen LogP contribution >= 0.6 is 11.6 Å². The number of aliphatic hydroxyl groups is 1. The van der Waals surface area contributed by atoms with Crippen LogP contribution in [0.1, 0.15) is 50.8 Å². The molecule has 0 aliphatic carbocycles. The van der Waals surface area contributed by atoms with E-state index in [1.807, 2.05) is 18.2 Å². The van der Waals surface area contributed by atoms with E-state index >= 15 is 0 Å². The number of amidine groups is 2. The summed E-state index contributed by atoms with van der Waals surface area (Å²) in [6.07, 6.45) is -0.741. The lowest BCUT2D eigenvalue weighted by Gasteiger charge is -2.31. The van der Waals surface area contributed by atoms with Crippen molar-refractivity contribution in [1.29, 1.82) is 10.8 Å². The van der Waals surface area contributed by atoms with Crippen LogP contribution in [0.15, 0.2) is 36.4 Å². The standard InChI is InChI=1S/C25H32ClN3O4/c1-25(2,3)14-21(27)29-18-10-9-15(26)13-17(18)22(33-20(11-12-30)24(29)28)16-7-6-8-19(31-4)23(16)32-5/h6-10,13,20,22,27-28,30H,11-12,14H2,1-5H3/t20-,22-/m1/s1. The van der Waals surface area contributed by atoms with Gasteiger partial charge in [-0.05, 0) is 29.7 Å². The summed E-state index contributed by atoms with van der Waals surface area (Å²) in [5, 5.41) is 28.1. The molecule has 0 amide bonds. The van der Waals surface area contributed by atoms with Gasteiger partial charge in [-0.1, -0.05) is 44.5 Å². The van der Waals surface area contributed by atoms with Gasteiger partial charge in [0.1, 0.15) is 23.9 Å². The summed E-state index contributed by atoms with van der Waals surface area (Å²) in [4.78, 5) is 1.61. The molecule has 1 heterocycles. The van der Waals surface area contributed by atoms with Gasteiger partial charge in [-0.25, -0.2) is 0 Å². The van der Waals surface area contributed by atoms with Crippen molar-refractivity contribution in [3.05, 3.63) is 52.5 Å². The third-order valence-electron chi connectivity index (χ3n) is 5.43. The summed E-state index contributed by atoms with van der Waals surface area (Å²) >= 11 is 6.41. The molecule has 0 radical (unpaired) electrons. The molecule has 1 aliphatic rings. The summed E-state index contributed by atoms with van der Waals surface area (Å²) in [5.41, 5.74) is 1.91. The highest BCUT2D eigenvalue weighted by molar-refractivity contribution is 6.31. The molecule has 0 unspecified atom stereocenters. The lowest BCUT2D eigenvalue weighted by molar-refractivity contribution is 0.0337. The Morgan fingerprint density at radius 3 is 2.48 bits per heavy atom. The Morgan fingerprint density at radius 2 is 1.88 bits per heavy atom. The molecular formula is C25H32ClN3O4. The zero-order chi connectivity index (χ0) is 24.3. The Labute approximate surface area is 200 Å². The van der Waals surface area contributed by atoms with Crippen molar-refractivity contribution in [1.82, 2.24) is 0 Å². The summed E-state index contributed by atoms with van der Waals surface area (Å²) in [6, 6.07) is 10.9. The number of fused-ring (bicyclic) bond motifs is 1. The third kappa shape index (κ3) is 5.32. The molecule has 33 heavy (non-hydrogen) atoms. The van der Waals surface area contributed by atoms with Crippen LogP contribution in [0.2, 0.25) is 5.02 Å². The maximum Gasteiger partial charge on any atom is 0.166 e. The van der Waals surface area contributed by atoms with E-state index in [2.05, 4.69) is 20.8 Å². The molecule has 2 aromatic carbocycles. The van der Waals surface area contributed by atoms with Crippen molar-refractivity contribution in [2.24, 2.45) is 5.41 Å². The number of aliphatic hydroxyl groups excluding tert-OH is 1. The average molecular weight is 474 g/mol. The van der Waals surface area contributed by atoms with E-state index in [1.54, 1.807) is 37.3 Å². The highest BCUT2D eigenvalue weighted by Gasteiger charge is 2.38. The predicted molar refractivity (Wildman–Crippen MR) is 131 cm³/mol. The number of halogens is 1. The lowest BCUT2D eigenvalue weighted by atomic mass is 9.90. The maximum absolute atomic E-state index is 9.73. The molecule has 3 N–H and O–H groups in total. The minimum Gasteiger partial charge on any atom is -0.493 e. The Morgan fingerprint density at radius 1 is 1.15 bits per heavy atom. The van der Waals surface area contributed by atoms with E-state index in [1.165, 1.54) is 0 Å². The first kappa shape index (κ1) is 25.0. The molecule has 0 saturated heterocycles. The van der Waals surface area contributed by atoms with Crippen LogP contribution in [0.4, 0.5) is 5.69 Å². The molecule has 8 heteroatoms. The van der Waals surface area contributed by atoms with Gasteiger partial charge in [-0.15, -0.1) is 0 Å². The molecule has 2 aromatic rings. The molecule has 0 aromatic heterocycles. The molecule has 0 bridgehead atoms. The molecule has 0 fully saturated rings. The van der Waals surface area contributed by atoms with Crippen molar-refractivity contribution < 1.29 is 19.3 Å². The van der Waals surface area contributed by atoms with Gasteiger partial charge in [0.15, 0.2) is 11.5 Å². The highest BCUT2D eigenvalue weighted by atomic mass is 35.5. The van der Waals surface area contributed by atoms with E-state index < -0.39 is 12.2 Å². The number of benzene rings is 2. The van der Waals surface area contributed by atoms with Gasteiger partial charge in [0, 0.05) is 35.6 Å². The molecule has 0 spiro atoms. The van der Waals surface area contributed by atoms with Gasteiger partial charge < -0.3 is 19.3 Å². The zero-order valence-electron chi connectivity index (χ0n) is 19.7. The Bertz CT molecular complexity index is 1030. The molecule has 0 saturated carbocycles. The van der Waals surface area contributed by atoms with E-state index in [4.69, 9.17) is 36.6 Å². The molecule has 2 atom stereocenters. The number of ether oxygens (including phenoxy) is 3. The number of para-hydroxylation sites is 1.